The minimum absolute atomic E-state index is 0.196. The Kier molecular flexibility index (Phi) is 6.76. The van der Waals surface area contributed by atoms with Gasteiger partial charge in [0.1, 0.15) is 0 Å². The Balaban J connectivity index is 3.24. The van der Waals surface area contributed by atoms with Crippen molar-refractivity contribution in [2.45, 2.75) is 45.1 Å². The summed E-state index contributed by atoms with van der Waals surface area (Å²) in [5.41, 5.74) is 0. The van der Waals surface area contributed by atoms with Crippen LogP contribution in [0.25, 0.3) is 0 Å². The van der Waals surface area contributed by atoms with E-state index in [1.165, 1.54) is 7.11 Å². The first-order valence-electron chi connectivity index (χ1n) is 4.45. The molecule has 72 valence electrons. The number of ether oxygens (including phenoxy) is 1. The lowest BCUT2D eigenvalue weighted by molar-refractivity contribution is -0.140. The molecule has 0 aromatic heterocycles. The van der Waals surface area contributed by atoms with E-state index in [4.69, 9.17) is 0 Å². The van der Waals surface area contributed by atoms with Crippen molar-refractivity contribution in [3.8, 4) is 0 Å². The molecule has 0 bridgehead atoms. The molecule has 0 unspecified atom stereocenters. The van der Waals surface area contributed by atoms with Crippen molar-refractivity contribution < 1.29 is 14.6 Å². The highest BCUT2D eigenvalue weighted by Gasteiger charge is 2.04. The van der Waals surface area contributed by atoms with Gasteiger partial charge in [0.05, 0.1) is 13.2 Å². The maximum Gasteiger partial charge on any atom is 0.305 e. The van der Waals surface area contributed by atoms with E-state index in [0.29, 0.717) is 19.3 Å². The highest BCUT2D eigenvalue weighted by Crippen LogP contribution is 2.06. The molecule has 0 fully saturated rings. The Morgan fingerprint density at radius 3 is 2.67 bits per heavy atom. The number of carbonyl (C=O) groups excluding carboxylic acids is 1. The fourth-order valence-corrected chi connectivity index (χ4v) is 1.06. The molecule has 12 heavy (non-hydrogen) atoms. The molecule has 1 N–H and O–H groups in total. The third kappa shape index (κ3) is 6.16. The van der Waals surface area contributed by atoms with Crippen LogP contribution in [0.15, 0.2) is 0 Å². The number of hydrogen-bond acceptors (Lipinski definition) is 3. The topological polar surface area (TPSA) is 46.5 Å². The zero-order valence-corrected chi connectivity index (χ0v) is 7.88. The second-order valence-corrected chi connectivity index (χ2v) is 2.91. The van der Waals surface area contributed by atoms with Gasteiger partial charge in [0, 0.05) is 6.42 Å². The normalized spacial score (nSPS) is 12.6. The van der Waals surface area contributed by atoms with E-state index in [9.17, 15) is 9.90 Å². The van der Waals surface area contributed by atoms with Gasteiger partial charge >= 0.3 is 5.97 Å². The van der Waals surface area contributed by atoms with Crippen LogP contribution in [0.3, 0.4) is 0 Å². The molecular formula is C9H18O3. The summed E-state index contributed by atoms with van der Waals surface area (Å²) in [7, 11) is 1.38. The predicted octanol–water partition coefficient (Wildman–Crippen LogP) is 1.49. The minimum atomic E-state index is -0.250. The molecule has 3 nitrogen and oxygen atoms in total. The molecular weight excluding hydrogens is 156 g/mol. The van der Waals surface area contributed by atoms with Gasteiger partial charge in [-0.25, -0.2) is 0 Å². The lowest BCUT2D eigenvalue weighted by atomic mass is 10.1. The number of carbonyl (C=O) groups is 1. The van der Waals surface area contributed by atoms with E-state index in [1.807, 2.05) is 6.92 Å². The molecule has 0 aliphatic heterocycles. The van der Waals surface area contributed by atoms with Gasteiger partial charge < -0.3 is 9.84 Å². The summed E-state index contributed by atoms with van der Waals surface area (Å²) in [6, 6.07) is 0. The van der Waals surface area contributed by atoms with E-state index in [0.717, 1.165) is 12.8 Å². The quantitative estimate of drug-likeness (QED) is 0.620. The van der Waals surface area contributed by atoms with Crippen LogP contribution in [0.4, 0.5) is 0 Å². The summed E-state index contributed by atoms with van der Waals surface area (Å²) < 4.78 is 4.47. The molecule has 0 aromatic rings. The van der Waals surface area contributed by atoms with Gasteiger partial charge in [0.25, 0.3) is 0 Å². The Morgan fingerprint density at radius 1 is 1.50 bits per heavy atom. The minimum Gasteiger partial charge on any atom is -0.469 e. The fourth-order valence-electron chi connectivity index (χ4n) is 1.06. The first kappa shape index (κ1) is 11.4. The van der Waals surface area contributed by atoms with Crippen LogP contribution < -0.4 is 0 Å². The number of methoxy groups -OCH3 is 1. The molecule has 0 spiro atoms. The lowest BCUT2D eigenvalue weighted by Crippen LogP contribution is -2.07. The molecule has 0 saturated heterocycles. The molecule has 0 rings (SSSR count). The Morgan fingerprint density at radius 2 is 2.17 bits per heavy atom. The zero-order valence-electron chi connectivity index (χ0n) is 7.88. The first-order valence-corrected chi connectivity index (χ1v) is 4.45. The summed E-state index contributed by atoms with van der Waals surface area (Å²) in [6.07, 6.45) is 3.38. The summed E-state index contributed by atoms with van der Waals surface area (Å²) >= 11 is 0. The second-order valence-electron chi connectivity index (χ2n) is 2.91. The predicted molar refractivity (Wildman–Crippen MR) is 46.8 cm³/mol. The average molecular weight is 174 g/mol. The summed E-state index contributed by atoms with van der Waals surface area (Å²) in [6.45, 7) is 2.03. The molecule has 0 aromatic carbocycles. The number of esters is 1. The van der Waals surface area contributed by atoms with Crippen LogP contribution in [-0.4, -0.2) is 24.3 Å². The molecule has 3 heteroatoms. The van der Waals surface area contributed by atoms with Crippen molar-refractivity contribution in [2.24, 2.45) is 0 Å². The SMILES string of the molecule is CCC[C@H](O)CCCC(=O)OC. The second kappa shape index (κ2) is 7.10. The van der Waals surface area contributed by atoms with Gasteiger partial charge in [0.2, 0.25) is 0 Å². The largest absolute Gasteiger partial charge is 0.469 e. The van der Waals surface area contributed by atoms with E-state index in [2.05, 4.69) is 4.74 Å². The number of aliphatic hydroxyl groups excluding tert-OH is 1. The maximum absolute atomic E-state index is 10.6. The van der Waals surface area contributed by atoms with E-state index in [-0.39, 0.29) is 12.1 Å². The van der Waals surface area contributed by atoms with Crippen LogP contribution in [0, 0.1) is 0 Å². The monoisotopic (exact) mass is 174 g/mol. The summed E-state index contributed by atoms with van der Waals surface area (Å²) in [5.74, 6) is -0.196. The van der Waals surface area contributed by atoms with E-state index >= 15 is 0 Å². The smallest absolute Gasteiger partial charge is 0.305 e. The highest BCUT2D eigenvalue weighted by atomic mass is 16.5. The van der Waals surface area contributed by atoms with Crippen molar-refractivity contribution in [3.63, 3.8) is 0 Å². The standard InChI is InChI=1S/C9H18O3/c1-3-5-8(10)6-4-7-9(11)12-2/h8,10H,3-7H2,1-2H3/t8-/m0/s1. The van der Waals surface area contributed by atoms with Crippen LogP contribution >= 0.6 is 0 Å². The van der Waals surface area contributed by atoms with Crippen molar-refractivity contribution in [2.75, 3.05) is 7.11 Å². The Bertz CT molecular complexity index is 123. The van der Waals surface area contributed by atoms with Gasteiger partial charge in [-0.05, 0) is 19.3 Å². The maximum atomic E-state index is 10.6. The van der Waals surface area contributed by atoms with Crippen molar-refractivity contribution >= 4 is 5.97 Å². The number of rotatable bonds is 6. The van der Waals surface area contributed by atoms with Gasteiger partial charge in [-0.1, -0.05) is 13.3 Å². The summed E-state index contributed by atoms with van der Waals surface area (Å²) in [5, 5.41) is 9.28. The van der Waals surface area contributed by atoms with Gasteiger partial charge in [-0.3, -0.25) is 4.79 Å². The fraction of sp³-hybridized carbons (Fsp3) is 0.889. The van der Waals surface area contributed by atoms with E-state index in [1.54, 1.807) is 0 Å². The summed E-state index contributed by atoms with van der Waals surface area (Å²) in [4.78, 5) is 10.6. The average Bonchev–Trinajstić information content (AvgIpc) is 2.04. The molecule has 0 saturated carbocycles. The molecule has 0 aliphatic carbocycles. The highest BCUT2D eigenvalue weighted by molar-refractivity contribution is 5.68. The molecule has 0 radical (unpaired) electrons. The third-order valence-corrected chi connectivity index (χ3v) is 1.77. The van der Waals surface area contributed by atoms with Crippen LogP contribution in [0.2, 0.25) is 0 Å². The Hall–Kier alpha value is -0.570. The number of aliphatic hydroxyl groups is 1. The molecule has 0 amide bonds. The van der Waals surface area contributed by atoms with Crippen LogP contribution in [-0.2, 0) is 9.53 Å². The Labute approximate surface area is 73.7 Å². The first-order chi connectivity index (χ1) is 5.70. The van der Waals surface area contributed by atoms with E-state index < -0.39 is 0 Å². The molecule has 0 heterocycles. The van der Waals surface area contributed by atoms with Gasteiger partial charge in [-0.15, -0.1) is 0 Å². The molecule has 0 aliphatic rings. The van der Waals surface area contributed by atoms with Crippen LogP contribution in [0.5, 0.6) is 0 Å². The number of hydrogen-bond donors (Lipinski definition) is 1. The molecule has 1 atom stereocenters. The van der Waals surface area contributed by atoms with Crippen LogP contribution in [0.1, 0.15) is 39.0 Å². The third-order valence-electron chi connectivity index (χ3n) is 1.77. The van der Waals surface area contributed by atoms with Crippen molar-refractivity contribution in [1.29, 1.82) is 0 Å². The van der Waals surface area contributed by atoms with Gasteiger partial charge in [0.15, 0.2) is 0 Å². The van der Waals surface area contributed by atoms with Crippen molar-refractivity contribution in [3.05, 3.63) is 0 Å². The van der Waals surface area contributed by atoms with Gasteiger partial charge in [-0.2, -0.15) is 0 Å². The van der Waals surface area contributed by atoms with Crippen molar-refractivity contribution in [1.82, 2.24) is 0 Å². The lowest BCUT2D eigenvalue weighted by Gasteiger charge is -2.07. The zero-order chi connectivity index (χ0) is 9.40.